The maximum Gasteiger partial charge on any atom is 0.243 e. The first-order valence-electron chi connectivity index (χ1n) is 8.89. The van der Waals surface area contributed by atoms with Crippen LogP contribution in [-0.2, 0) is 34.1 Å². The van der Waals surface area contributed by atoms with E-state index in [2.05, 4.69) is 0 Å². The summed E-state index contributed by atoms with van der Waals surface area (Å²) in [6, 6.07) is 9.60. The van der Waals surface area contributed by atoms with Crippen molar-refractivity contribution in [2.24, 2.45) is 0 Å². The maximum absolute atomic E-state index is 13.3. The van der Waals surface area contributed by atoms with Crippen LogP contribution in [0.1, 0.15) is 35.3 Å². The molecule has 0 spiro atoms. The molecule has 0 saturated carbocycles. The number of hydrogen-bond donors (Lipinski definition) is 0. The number of aryl methyl sites for hydroxylation is 2. The predicted octanol–water partition coefficient (Wildman–Crippen LogP) is 3.61. The van der Waals surface area contributed by atoms with Crippen LogP contribution in [0.2, 0.25) is 0 Å². The molecule has 1 saturated heterocycles. The summed E-state index contributed by atoms with van der Waals surface area (Å²) in [7, 11) is -3.53. The van der Waals surface area contributed by atoms with Gasteiger partial charge in [0.1, 0.15) is 0 Å². The largest absolute Gasteiger partial charge is 0.377 e. The van der Waals surface area contributed by atoms with Crippen molar-refractivity contribution in [3.63, 3.8) is 0 Å². The number of hydrogen-bond acceptors (Lipinski definition) is 4. The molecule has 0 radical (unpaired) electrons. The molecule has 2 heterocycles. The Morgan fingerprint density at radius 1 is 1.16 bits per heavy atom. The lowest BCUT2D eigenvalue weighted by Crippen LogP contribution is -2.36. The zero-order valence-electron chi connectivity index (χ0n) is 14.2. The highest BCUT2D eigenvalue weighted by atomic mass is 32.2. The van der Waals surface area contributed by atoms with Gasteiger partial charge in [-0.25, -0.2) is 8.42 Å². The van der Waals surface area contributed by atoms with Crippen LogP contribution in [0.15, 0.2) is 40.6 Å². The van der Waals surface area contributed by atoms with Crippen molar-refractivity contribution in [3.05, 3.63) is 51.7 Å². The minimum atomic E-state index is -3.53. The number of nitrogens with zero attached hydrogens (tertiary/aromatic N) is 1. The molecule has 0 amide bonds. The molecule has 25 heavy (non-hydrogen) atoms. The minimum absolute atomic E-state index is 0.00386. The van der Waals surface area contributed by atoms with Crippen LogP contribution in [0.5, 0.6) is 0 Å². The molecule has 2 aromatic rings. The monoisotopic (exact) mass is 377 g/mol. The van der Waals surface area contributed by atoms with E-state index in [9.17, 15) is 8.42 Å². The Kier molecular flexibility index (Phi) is 4.95. The molecule has 4 rings (SSSR count). The smallest absolute Gasteiger partial charge is 0.243 e. The average molecular weight is 378 g/mol. The van der Waals surface area contributed by atoms with Crippen LogP contribution in [0.25, 0.3) is 0 Å². The zero-order chi connectivity index (χ0) is 17.3. The van der Waals surface area contributed by atoms with E-state index < -0.39 is 10.0 Å². The second kappa shape index (κ2) is 7.19. The minimum Gasteiger partial charge on any atom is -0.377 e. The number of rotatable bonds is 6. The molecule has 6 heteroatoms. The van der Waals surface area contributed by atoms with Crippen molar-refractivity contribution in [3.8, 4) is 0 Å². The summed E-state index contributed by atoms with van der Waals surface area (Å²) in [6.07, 6.45) is 5.11. The molecule has 4 nitrogen and oxygen atoms in total. The fraction of sp³-hybridized carbons (Fsp3) is 0.474. The van der Waals surface area contributed by atoms with E-state index in [0.29, 0.717) is 18.0 Å². The molecule has 0 bridgehead atoms. The van der Waals surface area contributed by atoms with Crippen LogP contribution >= 0.6 is 11.3 Å². The van der Waals surface area contributed by atoms with Gasteiger partial charge in [0.2, 0.25) is 10.0 Å². The highest BCUT2D eigenvalue weighted by molar-refractivity contribution is 7.89. The number of ether oxygens (including phenoxy) is 1. The van der Waals surface area contributed by atoms with Gasteiger partial charge in [-0.05, 0) is 66.8 Å². The molecule has 134 valence electrons. The van der Waals surface area contributed by atoms with E-state index in [1.165, 1.54) is 11.1 Å². The Balaban J connectivity index is 1.63. The van der Waals surface area contributed by atoms with Crippen molar-refractivity contribution < 1.29 is 13.2 Å². The second-order valence-corrected chi connectivity index (χ2v) is 9.77. The summed E-state index contributed by atoms with van der Waals surface area (Å²) in [4.78, 5) is 1.48. The van der Waals surface area contributed by atoms with Gasteiger partial charge in [0.15, 0.2) is 0 Å². The zero-order valence-corrected chi connectivity index (χ0v) is 15.8. The third kappa shape index (κ3) is 3.67. The van der Waals surface area contributed by atoms with Gasteiger partial charge >= 0.3 is 0 Å². The first-order chi connectivity index (χ1) is 12.1. The van der Waals surface area contributed by atoms with Crippen molar-refractivity contribution >= 4 is 21.4 Å². The predicted molar refractivity (Wildman–Crippen MR) is 99.4 cm³/mol. The van der Waals surface area contributed by atoms with Crippen LogP contribution in [0.3, 0.4) is 0 Å². The van der Waals surface area contributed by atoms with Gasteiger partial charge in [-0.2, -0.15) is 4.31 Å². The van der Waals surface area contributed by atoms with Gasteiger partial charge in [0, 0.05) is 24.6 Å². The Bertz CT molecular complexity index is 824. The number of benzene rings is 1. The third-order valence-corrected chi connectivity index (χ3v) is 7.72. The highest BCUT2D eigenvalue weighted by Crippen LogP contribution is 2.28. The molecule has 1 fully saturated rings. The van der Waals surface area contributed by atoms with Crippen LogP contribution in [0.4, 0.5) is 0 Å². The van der Waals surface area contributed by atoms with Crippen molar-refractivity contribution in [1.82, 2.24) is 4.31 Å². The summed E-state index contributed by atoms with van der Waals surface area (Å²) in [6.45, 7) is 1.57. The Morgan fingerprint density at radius 3 is 2.80 bits per heavy atom. The quantitative estimate of drug-likeness (QED) is 0.773. The van der Waals surface area contributed by atoms with Gasteiger partial charge in [0.25, 0.3) is 0 Å². The summed E-state index contributed by atoms with van der Waals surface area (Å²) < 4.78 is 34.0. The lowest BCUT2D eigenvalue weighted by Gasteiger charge is -2.24. The molecular weight excluding hydrogens is 354 g/mol. The van der Waals surface area contributed by atoms with E-state index in [4.69, 9.17) is 4.74 Å². The Hall–Kier alpha value is -1.21. The summed E-state index contributed by atoms with van der Waals surface area (Å²) in [5.41, 5.74) is 2.48. The van der Waals surface area contributed by atoms with E-state index >= 15 is 0 Å². The number of thiophene rings is 1. The SMILES string of the molecule is O=S(=O)(c1ccc2c(c1)CCC2)N(Cc1cccs1)C[C@H]1CCCO1. The molecule has 2 aliphatic rings. The fourth-order valence-corrected chi connectivity index (χ4v) is 6.00. The van der Waals surface area contributed by atoms with Crippen molar-refractivity contribution in [2.45, 2.75) is 49.6 Å². The fourth-order valence-electron chi connectivity index (χ4n) is 3.70. The van der Waals surface area contributed by atoms with E-state index in [-0.39, 0.29) is 6.10 Å². The second-order valence-electron chi connectivity index (χ2n) is 6.80. The van der Waals surface area contributed by atoms with Crippen LogP contribution in [0, 0.1) is 0 Å². The molecule has 1 aliphatic carbocycles. The number of fused-ring (bicyclic) bond motifs is 1. The van der Waals surface area contributed by atoms with Crippen LogP contribution in [-0.4, -0.2) is 32.0 Å². The maximum atomic E-state index is 13.3. The standard InChI is InChI=1S/C19H23NO3S2/c21-25(22,19-9-8-15-4-1-5-16(15)12-19)20(13-17-6-2-10-23-17)14-18-7-3-11-24-18/h3,7-9,11-12,17H,1-2,4-6,10,13-14H2/t17-/m1/s1. The van der Waals surface area contributed by atoms with Gasteiger partial charge in [-0.3, -0.25) is 0 Å². The lowest BCUT2D eigenvalue weighted by atomic mass is 10.1. The molecule has 1 atom stereocenters. The lowest BCUT2D eigenvalue weighted by molar-refractivity contribution is 0.0927. The van der Waals surface area contributed by atoms with Gasteiger partial charge < -0.3 is 4.74 Å². The normalized spacial score (nSPS) is 20.3. The van der Waals surface area contributed by atoms with Gasteiger partial charge in [-0.1, -0.05) is 12.1 Å². The third-order valence-electron chi connectivity index (χ3n) is 5.05. The molecule has 1 aliphatic heterocycles. The number of sulfonamides is 1. The van der Waals surface area contributed by atoms with Crippen LogP contribution < -0.4 is 0 Å². The first-order valence-corrected chi connectivity index (χ1v) is 11.2. The molecule has 1 aromatic heterocycles. The van der Waals surface area contributed by atoms with Gasteiger partial charge in [0.05, 0.1) is 11.0 Å². The van der Waals surface area contributed by atoms with Crippen molar-refractivity contribution in [1.29, 1.82) is 0 Å². The summed E-state index contributed by atoms with van der Waals surface area (Å²) in [5, 5.41) is 1.99. The average Bonchev–Trinajstić information content (AvgIpc) is 3.36. The first kappa shape index (κ1) is 17.2. The Labute approximate surface area is 153 Å². The topological polar surface area (TPSA) is 46.6 Å². The van der Waals surface area contributed by atoms with Crippen molar-refractivity contribution in [2.75, 3.05) is 13.2 Å². The molecule has 0 N–H and O–H groups in total. The van der Waals surface area contributed by atoms with E-state index in [1.807, 2.05) is 29.6 Å². The van der Waals surface area contributed by atoms with E-state index in [0.717, 1.165) is 43.6 Å². The Morgan fingerprint density at radius 2 is 2.04 bits per heavy atom. The molecular formula is C19H23NO3S2. The van der Waals surface area contributed by atoms with E-state index in [1.54, 1.807) is 21.7 Å². The summed E-state index contributed by atoms with van der Waals surface area (Å²) in [5.74, 6) is 0. The molecule has 0 unspecified atom stereocenters. The highest BCUT2D eigenvalue weighted by Gasteiger charge is 2.30. The van der Waals surface area contributed by atoms with Gasteiger partial charge in [-0.15, -0.1) is 11.3 Å². The summed E-state index contributed by atoms with van der Waals surface area (Å²) >= 11 is 1.59. The molecule has 1 aromatic carbocycles.